The van der Waals surface area contributed by atoms with Crippen molar-refractivity contribution in [1.82, 2.24) is 9.38 Å². The molecular formula is C16H19N3OS. The number of imidazole rings is 1. The first kappa shape index (κ1) is 14.2. The zero-order valence-corrected chi connectivity index (χ0v) is 13.1. The van der Waals surface area contributed by atoms with Crippen molar-refractivity contribution >= 4 is 27.3 Å². The standard InChI is InChI=1S/C16H19N3OS/c1-3-4-9-16(2,20)13-10-14(17)21-15-18-11-7-5-6-8-12(11)19(13)15/h5-8,10,17,20H,3-4,9H2,1-2H3/t16-/m0/s1. The van der Waals surface area contributed by atoms with Crippen molar-refractivity contribution in [3.05, 3.63) is 40.7 Å². The van der Waals surface area contributed by atoms with E-state index < -0.39 is 5.60 Å². The summed E-state index contributed by atoms with van der Waals surface area (Å²) in [6.07, 6.45) is 2.67. The van der Waals surface area contributed by atoms with Crippen LogP contribution >= 0.6 is 11.3 Å². The van der Waals surface area contributed by atoms with E-state index in [-0.39, 0.29) is 0 Å². The number of hydrogen-bond acceptors (Lipinski definition) is 4. The minimum Gasteiger partial charge on any atom is -0.384 e. The molecule has 0 amide bonds. The van der Waals surface area contributed by atoms with Crippen LogP contribution in [0.2, 0.25) is 0 Å². The highest BCUT2D eigenvalue weighted by Crippen LogP contribution is 2.29. The minimum absolute atomic E-state index is 0.421. The second kappa shape index (κ2) is 5.24. The quantitative estimate of drug-likeness (QED) is 0.775. The van der Waals surface area contributed by atoms with E-state index in [1.165, 1.54) is 11.3 Å². The normalized spacial score (nSPS) is 14.6. The Labute approximate surface area is 127 Å². The number of hydrogen-bond donors (Lipinski definition) is 2. The molecule has 0 saturated carbocycles. The lowest BCUT2D eigenvalue weighted by molar-refractivity contribution is 0.0401. The van der Waals surface area contributed by atoms with Gasteiger partial charge >= 0.3 is 0 Å². The molecule has 0 unspecified atom stereocenters. The van der Waals surface area contributed by atoms with Crippen LogP contribution in [0.3, 0.4) is 0 Å². The van der Waals surface area contributed by atoms with E-state index >= 15 is 0 Å². The highest BCUT2D eigenvalue weighted by atomic mass is 32.1. The van der Waals surface area contributed by atoms with E-state index in [2.05, 4.69) is 11.9 Å². The third-order valence-electron chi connectivity index (χ3n) is 3.81. The van der Waals surface area contributed by atoms with Crippen LogP contribution < -0.4 is 4.67 Å². The fourth-order valence-electron chi connectivity index (χ4n) is 2.67. The van der Waals surface area contributed by atoms with E-state index in [4.69, 9.17) is 5.41 Å². The number of nitrogens with one attached hydrogen (secondary N) is 1. The molecule has 0 aliphatic carbocycles. The summed E-state index contributed by atoms with van der Waals surface area (Å²) in [4.78, 5) is 5.34. The molecule has 21 heavy (non-hydrogen) atoms. The molecule has 0 radical (unpaired) electrons. The van der Waals surface area contributed by atoms with Gasteiger partial charge in [0.25, 0.3) is 0 Å². The van der Waals surface area contributed by atoms with Crippen LogP contribution in [0, 0.1) is 5.41 Å². The monoisotopic (exact) mass is 301 g/mol. The Morgan fingerprint density at radius 3 is 2.90 bits per heavy atom. The van der Waals surface area contributed by atoms with Gasteiger partial charge in [0.05, 0.1) is 16.7 Å². The zero-order chi connectivity index (χ0) is 15.0. The summed E-state index contributed by atoms with van der Waals surface area (Å²) in [5.41, 5.74) is 1.67. The van der Waals surface area contributed by atoms with Crippen molar-refractivity contribution in [1.29, 1.82) is 5.41 Å². The van der Waals surface area contributed by atoms with Gasteiger partial charge in [0.15, 0.2) is 4.96 Å². The first-order chi connectivity index (χ1) is 10.0. The molecule has 1 atom stereocenters. The molecule has 0 fully saturated rings. The number of nitrogens with zero attached hydrogens (tertiary/aromatic N) is 2. The van der Waals surface area contributed by atoms with Gasteiger partial charge in [0, 0.05) is 0 Å². The summed E-state index contributed by atoms with van der Waals surface area (Å²) in [6.45, 7) is 3.94. The molecule has 0 aliphatic heterocycles. The predicted octanol–water partition coefficient (Wildman–Crippen LogP) is 3.43. The maximum Gasteiger partial charge on any atom is 0.196 e. The first-order valence-electron chi connectivity index (χ1n) is 7.22. The summed E-state index contributed by atoms with van der Waals surface area (Å²) in [6, 6.07) is 9.66. The number of unbranched alkanes of at least 4 members (excludes halogenated alkanes) is 1. The van der Waals surface area contributed by atoms with Gasteiger partial charge in [-0.3, -0.25) is 9.81 Å². The lowest BCUT2D eigenvalue weighted by Crippen LogP contribution is -2.25. The van der Waals surface area contributed by atoms with Crippen LogP contribution in [0.4, 0.5) is 0 Å². The largest absolute Gasteiger partial charge is 0.384 e. The molecular weight excluding hydrogens is 282 g/mol. The number of fused-ring (bicyclic) bond motifs is 3. The van der Waals surface area contributed by atoms with E-state index in [0.29, 0.717) is 11.1 Å². The van der Waals surface area contributed by atoms with Crippen LogP contribution in [0.15, 0.2) is 30.3 Å². The summed E-state index contributed by atoms with van der Waals surface area (Å²) >= 11 is 1.33. The number of aliphatic hydroxyl groups is 1. The molecule has 3 rings (SSSR count). The highest BCUT2D eigenvalue weighted by molar-refractivity contribution is 7.14. The van der Waals surface area contributed by atoms with Crippen molar-refractivity contribution in [3.63, 3.8) is 0 Å². The Kier molecular flexibility index (Phi) is 3.55. The lowest BCUT2D eigenvalue weighted by Gasteiger charge is -2.24. The average molecular weight is 301 g/mol. The number of benzene rings is 1. The maximum atomic E-state index is 10.9. The van der Waals surface area contributed by atoms with Crippen molar-refractivity contribution in [3.8, 4) is 0 Å². The Balaban J connectivity index is 2.32. The first-order valence-corrected chi connectivity index (χ1v) is 8.03. The SMILES string of the molecule is CCCC[C@](C)(O)c1cc(=N)sc2nc3ccccc3n12. The molecule has 110 valence electrons. The highest BCUT2D eigenvalue weighted by Gasteiger charge is 2.26. The third-order valence-corrected chi connectivity index (χ3v) is 4.60. The Morgan fingerprint density at radius 1 is 1.38 bits per heavy atom. The van der Waals surface area contributed by atoms with Crippen molar-refractivity contribution < 1.29 is 5.11 Å². The molecule has 0 saturated heterocycles. The molecule has 5 heteroatoms. The summed E-state index contributed by atoms with van der Waals surface area (Å²) in [7, 11) is 0. The molecule has 4 nitrogen and oxygen atoms in total. The van der Waals surface area contributed by atoms with Gasteiger partial charge < -0.3 is 5.11 Å². The van der Waals surface area contributed by atoms with Gasteiger partial charge in [0.2, 0.25) is 0 Å². The summed E-state index contributed by atoms with van der Waals surface area (Å²) in [5.74, 6) is 0. The van der Waals surface area contributed by atoms with Crippen LogP contribution in [0.5, 0.6) is 0 Å². The molecule has 3 aromatic rings. The molecule has 0 spiro atoms. The van der Waals surface area contributed by atoms with Gasteiger partial charge in [-0.2, -0.15) is 0 Å². The Hall–Kier alpha value is -1.72. The average Bonchev–Trinajstić information content (AvgIpc) is 2.82. The maximum absolute atomic E-state index is 10.9. The zero-order valence-electron chi connectivity index (χ0n) is 12.3. The lowest BCUT2D eigenvalue weighted by atomic mass is 9.95. The van der Waals surface area contributed by atoms with Crippen molar-refractivity contribution in [2.24, 2.45) is 0 Å². The van der Waals surface area contributed by atoms with Crippen molar-refractivity contribution in [2.75, 3.05) is 0 Å². The fraction of sp³-hybridized carbons (Fsp3) is 0.375. The van der Waals surface area contributed by atoms with Crippen LogP contribution in [0.25, 0.3) is 16.0 Å². The topological polar surface area (TPSA) is 61.4 Å². The molecule has 2 N–H and O–H groups in total. The minimum atomic E-state index is -0.957. The predicted molar refractivity (Wildman–Crippen MR) is 85.5 cm³/mol. The Bertz CT molecular complexity index is 847. The fourth-order valence-corrected chi connectivity index (χ4v) is 3.47. The van der Waals surface area contributed by atoms with Gasteiger partial charge in [0.1, 0.15) is 10.3 Å². The van der Waals surface area contributed by atoms with Crippen LogP contribution in [-0.4, -0.2) is 14.5 Å². The second-order valence-corrected chi connectivity index (χ2v) is 6.60. The van der Waals surface area contributed by atoms with Crippen LogP contribution in [0.1, 0.15) is 38.8 Å². The smallest absolute Gasteiger partial charge is 0.196 e. The van der Waals surface area contributed by atoms with E-state index in [0.717, 1.165) is 34.5 Å². The van der Waals surface area contributed by atoms with Gasteiger partial charge in [-0.25, -0.2) is 4.98 Å². The summed E-state index contributed by atoms with van der Waals surface area (Å²) in [5, 5.41) is 18.9. The van der Waals surface area contributed by atoms with E-state index in [9.17, 15) is 5.11 Å². The number of aromatic nitrogens is 2. The number of rotatable bonds is 4. The van der Waals surface area contributed by atoms with Crippen molar-refractivity contribution in [2.45, 2.75) is 38.7 Å². The molecule has 2 aromatic heterocycles. The third kappa shape index (κ3) is 2.47. The Morgan fingerprint density at radius 2 is 2.14 bits per heavy atom. The molecule has 0 bridgehead atoms. The van der Waals surface area contributed by atoms with Gasteiger partial charge in [-0.05, 0) is 31.5 Å². The van der Waals surface area contributed by atoms with E-state index in [1.807, 2.05) is 35.6 Å². The van der Waals surface area contributed by atoms with Gasteiger partial charge in [-0.1, -0.05) is 43.2 Å². The van der Waals surface area contributed by atoms with Crippen LogP contribution in [-0.2, 0) is 5.60 Å². The van der Waals surface area contributed by atoms with E-state index in [1.54, 1.807) is 6.07 Å². The molecule has 0 aliphatic rings. The summed E-state index contributed by atoms with van der Waals surface area (Å²) < 4.78 is 2.41. The molecule has 1 aromatic carbocycles. The molecule has 2 heterocycles. The number of para-hydroxylation sites is 2. The van der Waals surface area contributed by atoms with Gasteiger partial charge in [-0.15, -0.1) is 0 Å². The second-order valence-electron chi connectivity index (χ2n) is 5.59.